The lowest BCUT2D eigenvalue weighted by Crippen LogP contribution is -2.18. The Morgan fingerprint density at radius 2 is 0.955 bits per heavy atom. The van der Waals surface area contributed by atoms with Gasteiger partial charge >= 0.3 is 0 Å². The predicted octanol–water partition coefficient (Wildman–Crippen LogP) is 4.49. The van der Waals surface area contributed by atoms with E-state index in [9.17, 15) is 0 Å². The minimum atomic E-state index is 0.000000000000000222. The van der Waals surface area contributed by atoms with Crippen molar-refractivity contribution in [2.75, 3.05) is 0 Å². The Morgan fingerprint density at radius 3 is 1.18 bits per heavy atom. The van der Waals surface area contributed by atoms with Gasteiger partial charge in [0.05, 0.1) is 0 Å². The number of thiocarbonyl (C=S) groups is 1. The zero-order chi connectivity index (χ0) is 16.8. The summed E-state index contributed by atoms with van der Waals surface area (Å²) < 4.78 is 0. The van der Waals surface area contributed by atoms with Gasteiger partial charge in [0, 0.05) is 0 Å². The zero-order valence-corrected chi connectivity index (χ0v) is 13.4. The van der Waals surface area contributed by atoms with Crippen molar-refractivity contribution in [3.63, 3.8) is 0 Å². The molecule has 22 heavy (non-hydrogen) atoms. The summed E-state index contributed by atoms with van der Waals surface area (Å²) in [4.78, 5) is 0. The highest BCUT2D eigenvalue weighted by Crippen LogP contribution is 2.05. The monoisotopic (exact) mass is 310 g/mol. The summed E-state index contributed by atoms with van der Waals surface area (Å²) in [6.07, 6.45) is 5.49. The summed E-state index contributed by atoms with van der Waals surface area (Å²) in [5, 5.41) is 0.000000000000000222. The third-order valence-corrected chi connectivity index (χ3v) is 2.44. The van der Waals surface area contributed by atoms with E-state index < -0.39 is 0 Å². The van der Waals surface area contributed by atoms with E-state index in [1.807, 2.05) is 72.8 Å². The first-order chi connectivity index (χ1) is 10.5. The Hall–Kier alpha value is -2.65. The lowest BCUT2D eigenvalue weighted by Gasteiger charge is -1.92. The highest BCUT2D eigenvalue weighted by atomic mass is 32.1. The molecule has 0 spiro atoms. The van der Waals surface area contributed by atoms with E-state index >= 15 is 0 Å². The molecular formula is C19H22N2S. The summed E-state index contributed by atoms with van der Waals surface area (Å²) in [7, 11) is 0. The third-order valence-electron chi connectivity index (χ3n) is 2.44. The van der Waals surface area contributed by atoms with Crippen LogP contribution in [0.15, 0.2) is 74.3 Å². The molecule has 0 aliphatic rings. The molecule has 0 aromatic heterocycles. The number of benzene rings is 2. The van der Waals surface area contributed by atoms with Gasteiger partial charge in [0.15, 0.2) is 5.11 Å². The van der Waals surface area contributed by atoms with Gasteiger partial charge in [0.2, 0.25) is 0 Å². The van der Waals surface area contributed by atoms with Gasteiger partial charge in [0.25, 0.3) is 0 Å². The molecule has 0 aliphatic heterocycles. The van der Waals surface area contributed by atoms with Crippen LogP contribution in [0.25, 0.3) is 18.2 Å². The van der Waals surface area contributed by atoms with Gasteiger partial charge in [-0.1, -0.05) is 92.6 Å². The van der Waals surface area contributed by atoms with Gasteiger partial charge in [0.1, 0.15) is 0 Å². The molecule has 0 radical (unpaired) electrons. The second kappa shape index (κ2) is 12.1. The molecule has 0 aliphatic carbocycles. The highest BCUT2D eigenvalue weighted by molar-refractivity contribution is 7.80. The molecule has 4 N–H and O–H groups in total. The van der Waals surface area contributed by atoms with Crippen molar-refractivity contribution in [1.82, 2.24) is 0 Å². The van der Waals surface area contributed by atoms with Gasteiger partial charge in [-0.3, -0.25) is 0 Å². The fraction of sp³-hybridized carbons (Fsp3) is 0. The van der Waals surface area contributed by atoms with Crippen molar-refractivity contribution in [3.8, 4) is 0 Å². The van der Waals surface area contributed by atoms with Gasteiger partial charge in [-0.25, -0.2) is 0 Å². The summed E-state index contributed by atoms with van der Waals surface area (Å²) in [5.74, 6) is 0. The second-order valence-corrected chi connectivity index (χ2v) is 4.56. The van der Waals surface area contributed by atoms with Crippen LogP contribution in [-0.2, 0) is 0 Å². The van der Waals surface area contributed by atoms with Crippen LogP contribution >= 0.6 is 12.2 Å². The maximum Gasteiger partial charge on any atom is 0.160 e. The van der Waals surface area contributed by atoms with Crippen molar-refractivity contribution in [3.05, 3.63) is 91.0 Å². The Balaban J connectivity index is 0.000000330. The Kier molecular flexibility index (Phi) is 10.7. The molecule has 0 saturated carbocycles. The number of hydrogen-bond donors (Lipinski definition) is 2. The third kappa shape index (κ3) is 10.2. The van der Waals surface area contributed by atoms with Crippen LogP contribution in [0, 0.1) is 0 Å². The summed E-state index contributed by atoms with van der Waals surface area (Å²) >= 11 is 4.09. The first kappa shape index (κ1) is 19.4. The summed E-state index contributed by atoms with van der Waals surface area (Å²) in [6.45, 7) is 11.0. The van der Waals surface area contributed by atoms with Crippen LogP contribution < -0.4 is 11.5 Å². The Bertz CT molecular complexity index is 556. The summed E-state index contributed by atoms with van der Waals surface area (Å²) in [6, 6.07) is 18.1. The fourth-order valence-corrected chi connectivity index (χ4v) is 1.36. The molecule has 2 aromatic carbocycles. The highest BCUT2D eigenvalue weighted by Gasteiger charge is 1.84. The van der Waals surface area contributed by atoms with E-state index in [1.54, 1.807) is 0 Å². The average molecular weight is 310 g/mol. The van der Waals surface area contributed by atoms with E-state index in [0.29, 0.717) is 0 Å². The lowest BCUT2D eigenvalue weighted by molar-refractivity contribution is 1.63. The number of rotatable bonds is 3. The molecule has 0 amide bonds. The van der Waals surface area contributed by atoms with Crippen LogP contribution in [0.5, 0.6) is 0 Å². The second-order valence-electron chi connectivity index (χ2n) is 4.09. The minimum Gasteiger partial charge on any atom is -0.377 e. The molecule has 0 heterocycles. The molecule has 0 unspecified atom stereocenters. The van der Waals surface area contributed by atoms with Gasteiger partial charge in [-0.15, -0.1) is 0 Å². The smallest absolute Gasteiger partial charge is 0.160 e. The molecule has 114 valence electrons. The summed E-state index contributed by atoms with van der Waals surface area (Å²) in [5.41, 5.74) is 12.7. The normalized spacial score (nSPS) is 8.18. The Labute approximate surface area is 138 Å². The molecule has 0 fully saturated rings. The molecule has 0 saturated heterocycles. The standard InChI is InChI=1S/C10H10.C8H8.CH4N2S/c1-3-9-5-7-10(4-2)8-6-9;1-2-8-6-4-3-5-7-8;2-1(3)4/h3-8H,1-2H2;2-7H,1H2;(H4,2,3,4). The van der Waals surface area contributed by atoms with Crippen molar-refractivity contribution in [2.45, 2.75) is 0 Å². The maximum absolute atomic E-state index is 4.62. The first-order valence-corrected chi connectivity index (χ1v) is 7.01. The predicted molar refractivity (Wildman–Crippen MR) is 104 cm³/mol. The topological polar surface area (TPSA) is 52.0 Å². The minimum absolute atomic E-state index is 0.000000000000000222. The Morgan fingerprint density at radius 1 is 0.682 bits per heavy atom. The van der Waals surface area contributed by atoms with Crippen LogP contribution in [0.3, 0.4) is 0 Å². The largest absolute Gasteiger partial charge is 0.377 e. The molecule has 2 aromatic rings. The van der Waals surface area contributed by atoms with E-state index in [0.717, 1.165) is 11.1 Å². The van der Waals surface area contributed by atoms with Gasteiger partial charge in [-0.05, 0) is 28.9 Å². The molecule has 2 nitrogen and oxygen atoms in total. The molecule has 0 atom stereocenters. The van der Waals surface area contributed by atoms with E-state index in [-0.39, 0.29) is 5.11 Å². The van der Waals surface area contributed by atoms with Crippen molar-refractivity contribution in [2.24, 2.45) is 11.5 Å². The van der Waals surface area contributed by atoms with Gasteiger partial charge < -0.3 is 11.5 Å². The lowest BCUT2D eigenvalue weighted by atomic mass is 10.1. The van der Waals surface area contributed by atoms with Crippen molar-refractivity contribution < 1.29 is 0 Å². The molecule has 0 bridgehead atoms. The molecule has 3 heteroatoms. The van der Waals surface area contributed by atoms with E-state index in [1.165, 1.54) is 5.56 Å². The zero-order valence-electron chi connectivity index (χ0n) is 12.6. The van der Waals surface area contributed by atoms with Crippen LogP contribution in [-0.4, -0.2) is 5.11 Å². The van der Waals surface area contributed by atoms with Crippen molar-refractivity contribution >= 4 is 35.6 Å². The molecule has 2 rings (SSSR count). The van der Waals surface area contributed by atoms with Gasteiger partial charge in [-0.2, -0.15) is 0 Å². The first-order valence-electron chi connectivity index (χ1n) is 6.60. The molecular weight excluding hydrogens is 288 g/mol. The van der Waals surface area contributed by atoms with E-state index in [2.05, 4.69) is 43.4 Å². The van der Waals surface area contributed by atoms with Crippen LogP contribution in [0.4, 0.5) is 0 Å². The van der Waals surface area contributed by atoms with E-state index in [4.69, 9.17) is 0 Å². The van der Waals surface area contributed by atoms with Crippen LogP contribution in [0.2, 0.25) is 0 Å². The SMILES string of the molecule is C=Cc1ccc(C=C)cc1.C=Cc1ccccc1.NC(N)=S. The number of nitrogens with two attached hydrogens (primary N) is 2. The quantitative estimate of drug-likeness (QED) is 0.821. The fourth-order valence-electron chi connectivity index (χ4n) is 1.36. The maximum atomic E-state index is 4.62. The number of hydrogen-bond acceptors (Lipinski definition) is 1. The average Bonchev–Trinajstić information content (AvgIpc) is 2.56. The van der Waals surface area contributed by atoms with Crippen LogP contribution in [0.1, 0.15) is 16.7 Å². The van der Waals surface area contributed by atoms with Crippen molar-refractivity contribution in [1.29, 1.82) is 0 Å².